The van der Waals surface area contributed by atoms with Crippen LogP contribution in [-0.2, 0) is 11.2 Å². The highest BCUT2D eigenvalue weighted by Gasteiger charge is 2.21. The molecule has 0 unspecified atom stereocenters. The van der Waals surface area contributed by atoms with Crippen LogP contribution in [0.25, 0.3) is 0 Å². The average Bonchev–Trinajstić information content (AvgIpc) is 2.69. The van der Waals surface area contributed by atoms with Gasteiger partial charge in [-0.3, -0.25) is 9.79 Å². The van der Waals surface area contributed by atoms with Crippen molar-refractivity contribution in [1.29, 1.82) is 0 Å². The van der Waals surface area contributed by atoms with Crippen molar-refractivity contribution >= 4 is 11.7 Å². The number of amides is 1. The molecule has 1 amide bonds. The third kappa shape index (κ3) is 6.68. The van der Waals surface area contributed by atoms with Gasteiger partial charge in [-0.1, -0.05) is 56.3 Å². The highest BCUT2D eigenvalue weighted by Crippen LogP contribution is 2.18. The highest BCUT2D eigenvalue weighted by molar-refractivity contribution is 6.02. The Hall–Kier alpha value is -2.40. The van der Waals surface area contributed by atoms with Crippen LogP contribution in [0.4, 0.5) is 0 Å². The van der Waals surface area contributed by atoms with E-state index in [0.717, 1.165) is 24.4 Å². The summed E-state index contributed by atoms with van der Waals surface area (Å²) in [5, 5.41) is 3.06. The van der Waals surface area contributed by atoms with Gasteiger partial charge in [0.05, 0.1) is 0 Å². The summed E-state index contributed by atoms with van der Waals surface area (Å²) >= 11 is 0. The summed E-state index contributed by atoms with van der Waals surface area (Å²) in [4.78, 5) is 16.9. The van der Waals surface area contributed by atoms with Gasteiger partial charge in [0, 0.05) is 37.0 Å². The molecule has 0 bridgehead atoms. The first-order valence-electron chi connectivity index (χ1n) is 9.61. The molecule has 1 aromatic carbocycles. The van der Waals surface area contributed by atoms with E-state index in [1.165, 1.54) is 11.1 Å². The first-order valence-corrected chi connectivity index (χ1v) is 9.61. The summed E-state index contributed by atoms with van der Waals surface area (Å²) in [5.41, 5.74) is 9.77. The molecule has 5 heteroatoms. The number of hydrogen-bond donors (Lipinski definition) is 3. The molecular weight excluding hydrogens is 336 g/mol. The molecule has 146 valence electrons. The summed E-state index contributed by atoms with van der Waals surface area (Å²) in [5.74, 6) is 0.947. The van der Waals surface area contributed by atoms with Gasteiger partial charge in [-0.15, -0.1) is 0 Å². The number of carbonyl (C=O) groups excluding carboxylic acids is 1. The lowest BCUT2D eigenvalue weighted by Gasteiger charge is -2.26. The summed E-state index contributed by atoms with van der Waals surface area (Å²) in [6.45, 7) is 10.3. The third-order valence-electron chi connectivity index (χ3n) is 4.64. The Labute approximate surface area is 163 Å². The molecule has 2 rings (SSSR count). The van der Waals surface area contributed by atoms with E-state index in [-0.39, 0.29) is 11.3 Å². The van der Waals surface area contributed by atoms with Gasteiger partial charge in [0.15, 0.2) is 0 Å². The second-order valence-corrected chi connectivity index (χ2v) is 7.59. The molecule has 0 saturated carbocycles. The molecule has 0 spiro atoms. The SMILES string of the molecule is C/C=C1/CNNC(=NCC(C)(C)CNC(=O)CCc2ccccc2)/C1=C/C. The van der Waals surface area contributed by atoms with Crippen molar-refractivity contribution < 1.29 is 4.79 Å². The predicted octanol–water partition coefficient (Wildman–Crippen LogP) is 3.16. The zero-order valence-electron chi connectivity index (χ0n) is 16.9. The first kappa shape index (κ1) is 20.9. The molecule has 1 aliphatic rings. The number of allylic oxidation sites excluding steroid dienone is 2. The van der Waals surface area contributed by atoms with Crippen LogP contribution >= 0.6 is 0 Å². The largest absolute Gasteiger partial charge is 0.355 e. The molecule has 1 aliphatic heterocycles. The molecule has 1 aromatic rings. The van der Waals surface area contributed by atoms with E-state index in [2.05, 4.69) is 54.3 Å². The Bertz CT molecular complexity index is 717. The van der Waals surface area contributed by atoms with Gasteiger partial charge in [0.25, 0.3) is 0 Å². The van der Waals surface area contributed by atoms with Crippen molar-refractivity contribution in [3.05, 3.63) is 59.2 Å². The van der Waals surface area contributed by atoms with Crippen molar-refractivity contribution in [2.45, 2.75) is 40.5 Å². The molecule has 0 aromatic heterocycles. The van der Waals surface area contributed by atoms with Gasteiger partial charge in [-0.05, 0) is 31.4 Å². The standard InChI is InChI=1S/C22H32N4O/c1-5-18-14-25-26-21(19(18)6-2)24-16-22(3,4)15-23-20(27)13-12-17-10-8-7-9-11-17/h5-11,25H,12-16H2,1-4H3,(H,23,27)(H,24,26)/b18-5-,19-6+. The summed E-state index contributed by atoms with van der Waals surface area (Å²) in [6.07, 6.45) is 5.46. The topological polar surface area (TPSA) is 65.5 Å². The van der Waals surface area contributed by atoms with Crippen molar-refractivity contribution in [2.24, 2.45) is 10.4 Å². The Kier molecular flexibility index (Phi) is 7.80. The molecule has 1 heterocycles. The Balaban J connectivity index is 1.84. The van der Waals surface area contributed by atoms with Gasteiger partial charge in [-0.2, -0.15) is 0 Å². The minimum atomic E-state index is -0.122. The van der Waals surface area contributed by atoms with Crippen LogP contribution in [0.1, 0.15) is 39.7 Å². The smallest absolute Gasteiger partial charge is 0.220 e. The van der Waals surface area contributed by atoms with Crippen LogP contribution in [0, 0.1) is 5.41 Å². The summed E-state index contributed by atoms with van der Waals surface area (Å²) in [7, 11) is 0. The van der Waals surface area contributed by atoms with Crippen molar-refractivity contribution in [1.82, 2.24) is 16.2 Å². The third-order valence-corrected chi connectivity index (χ3v) is 4.64. The molecule has 27 heavy (non-hydrogen) atoms. The molecular formula is C22H32N4O. The average molecular weight is 369 g/mol. The lowest BCUT2D eigenvalue weighted by atomic mass is 9.93. The zero-order chi connectivity index (χ0) is 19.7. The van der Waals surface area contributed by atoms with E-state index in [0.29, 0.717) is 19.5 Å². The molecule has 3 N–H and O–H groups in total. The minimum Gasteiger partial charge on any atom is -0.355 e. The monoisotopic (exact) mass is 368 g/mol. The number of nitrogens with zero attached hydrogens (tertiary/aromatic N) is 1. The number of carbonyl (C=O) groups is 1. The maximum absolute atomic E-state index is 12.2. The summed E-state index contributed by atoms with van der Waals surface area (Å²) < 4.78 is 0. The van der Waals surface area contributed by atoms with Gasteiger partial charge in [0.1, 0.15) is 5.84 Å². The number of benzene rings is 1. The molecule has 0 radical (unpaired) electrons. The van der Waals surface area contributed by atoms with Crippen molar-refractivity contribution in [2.75, 3.05) is 19.6 Å². The quantitative estimate of drug-likeness (QED) is 0.693. The fourth-order valence-corrected chi connectivity index (χ4v) is 2.92. The van der Waals surface area contributed by atoms with E-state index in [9.17, 15) is 4.79 Å². The van der Waals surface area contributed by atoms with E-state index in [4.69, 9.17) is 4.99 Å². The number of nitrogens with one attached hydrogen (secondary N) is 3. The number of aryl methyl sites for hydroxylation is 1. The van der Waals surface area contributed by atoms with E-state index in [1.807, 2.05) is 32.0 Å². The fraction of sp³-hybridized carbons (Fsp3) is 0.455. The molecule has 0 aliphatic carbocycles. The predicted molar refractivity (Wildman–Crippen MR) is 113 cm³/mol. The van der Waals surface area contributed by atoms with Gasteiger partial charge in [0.2, 0.25) is 5.91 Å². The normalized spacial score (nSPS) is 19.3. The highest BCUT2D eigenvalue weighted by atomic mass is 16.1. The first-order chi connectivity index (χ1) is 12.9. The number of hydrazine groups is 1. The van der Waals surface area contributed by atoms with Gasteiger partial charge >= 0.3 is 0 Å². The zero-order valence-corrected chi connectivity index (χ0v) is 16.9. The van der Waals surface area contributed by atoms with Crippen LogP contribution in [0.2, 0.25) is 0 Å². The molecule has 5 nitrogen and oxygen atoms in total. The van der Waals surface area contributed by atoms with Crippen LogP contribution < -0.4 is 16.2 Å². The van der Waals surface area contributed by atoms with Gasteiger partial charge in [-0.25, -0.2) is 5.43 Å². The van der Waals surface area contributed by atoms with Crippen LogP contribution in [0.5, 0.6) is 0 Å². The second-order valence-electron chi connectivity index (χ2n) is 7.59. The molecule has 1 fully saturated rings. The Morgan fingerprint density at radius 1 is 1.22 bits per heavy atom. The lowest BCUT2D eigenvalue weighted by Crippen LogP contribution is -2.46. The Morgan fingerprint density at radius 2 is 1.96 bits per heavy atom. The van der Waals surface area contributed by atoms with Crippen LogP contribution in [-0.4, -0.2) is 31.4 Å². The Morgan fingerprint density at radius 3 is 2.63 bits per heavy atom. The van der Waals surface area contributed by atoms with E-state index >= 15 is 0 Å². The maximum Gasteiger partial charge on any atom is 0.220 e. The van der Waals surface area contributed by atoms with Crippen molar-refractivity contribution in [3.8, 4) is 0 Å². The second kappa shape index (κ2) is 10.1. The summed E-state index contributed by atoms with van der Waals surface area (Å²) in [6, 6.07) is 10.1. The number of rotatable bonds is 7. The fourth-order valence-electron chi connectivity index (χ4n) is 2.92. The van der Waals surface area contributed by atoms with Crippen LogP contribution in [0.3, 0.4) is 0 Å². The van der Waals surface area contributed by atoms with E-state index < -0.39 is 0 Å². The molecule has 0 atom stereocenters. The number of amidine groups is 1. The molecule has 1 saturated heterocycles. The van der Waals surface area contributed by atoms with Gasteiger partial charge < -0.3 is 10.7 Å². The van der Waals surface area contributed by atoms with Crippen LogP contribution in [0.15, 0.2) is 58.6 Å². The minimum absolute atomic E-state index is 0.0855. The number of hydrogen-bond acceptors (Lipinski definition) is 3. The van der Waals surface area contributed by atoms with Crippen molar-refractivity contribution in [3.63, 3.8) is 0 Å². The number of aliphatic imine (C=N–C) groups is 1. The lowest BCUT2D eigenvalue weighted by molar-refractivity contribution is -0.121. The van der Waals surface area contributed by atoms with E-state index in [1.54, 1.807) is 0 Å². The maximum atomic E-state index is 12.2.